The van der Waals surface area contributed by atoms with E-state index in [-0.39, 0.29) is 11.9 Å². The van der Waals surface area contributed by atoms with E-state index < -0.39 is 0 Å². The third kappa shape index (κ3) is 4.36. The minimum Gasteiger partial charge on any atom is -0.465 e. The number of benzene rings is 1. The van der Waals surface area contributed by atoms with Gasteiger partial charge in [0, 0.05) is 6.42 Å². The van der Waals surface area contributed by atoms with E-state index in [2.05, 4.69) is 45.0 Å². The molecule has 0 amide bonds. The summed E-state index contributed by atoms with van der Waals surface area (Å²) in [4.78, 5) is 0. The second-order valence-electron chi connectivity index (χ2n) is 9.79. The molecule has 0 N–H and O–H groups in total. The molecule has 2 heteroatoms. The summed E-state index contributed by atoms with van der Waals surface area (Å²) in [7, 11) is 0. The van der Waals surface area contributed by atoms with Crippen LogP contribution >= 0.6 is 0 Å². The Morgan fingerprint density at radius 3 is 2.07 bits per heavy atom. The molecule has 0 spiro atoms. The molecule has 0 aromatic heterocycles. The van der Waals surface area contributed by atoms with Crippen molar-refractivity contribution < 1.29 is 9.47 Å². The third-order valence-corrected chi connectivity index (χ3v) is 7.49. The van der Waals surface area contributed by atoms with Gasteiger partial charge in [0.05, 0.1) is 5.60 Å². The van der Waals surface area contributed by atoms with Gasteiger partial charge < -0.3 is 9.47 Å². The summed E-state index contributed by atoms with van der Waals surface area (Å²) >= 11 is 0. The quantitative estimate of drug-likeness (QED) is 0.432. The highest BCUT2D eigenvalue weighted by atomic mass is 16.7. The van der Waals surface area contributed by atoms with Crippen molar-refractivity contribution in [2.24, 2.45) is 17.8 Å². The molecule has 2 atom stereocenters. The average Bonchev–Trinajstić information content (AvgIpc) is 2.64. The van der Waals surface area contributed by atoms with E-state index in [1.54, 1.807) is 0 Å². The molecule has 1 aromatic rings. The van der Waals surface area contributed by atoms with Crippen molar-refractivity contribution in [2.75, 3.05) is 0 Å². The van der Waals surface area contributed by atoms with Gasteiger partial charge >= 0.3 is 0 Å². The summed E-state index contributed by atoms with van der Waals surface area (Å²) in [6, 6.07) is 8.74. The molecule has 5 rings (SSSR count). The van der Waals surface area contributed by atoms with Crippen molar-refractivity contribution >= 4 is 0 Å². The SMILES string of the molecule is CCCCC(Oc1ccc(C(C)CC)cc1)OC12CC3CC(CC(C3)C1)C2. The molecular formula is C25H38O2. The van der Waals surface area contributed by atoms with Gasteiger partial charge in [-0.3, -0.25) is 0 Å². The number of hydrogen-bond donors (Lipinski definition) is 0. The third-order valence-electron chi connectivity index (χ3n) is 7.49. The molecule has 4 saturated carbocycles. The molecule has 2 unspecified atom stereocenters. The lowest BCUT2D eigenvalue weighted by Gasteiger charge is -2.56. The van der Waals surface area contributed by atoms with Crippen LogP contribution in [-0.2, 0) is 4.74 Å². The van der Waals surface area contributed by atoms with Crippen LogP contribution in [0.3, 0.4) is 0 Å². The smallest absolute Gasteiger partial charge is 0.200 e. The summed E-state index contributed by atoms with van der Waals surface area (Å²) in [5.74, 6) is 4.32. The van der Waals surface area contributed by atoms with Crippen LogP contribution in [0.2, 0.25) is 0 Å². The van der Waals surface area contributed by atoms with E-state index in [0.717, 1.165) is 29.9 Å². The Hall–Kier alpha value is -1.02. The Morgan fingerprint density at radius 1 is 0.963 bits per heavy atom. The first kappa shape index (κ1) is 19.3. The molecule has 4 fully saturated rings. The molecule has 150 valence electrons. The topological polar surface area (TPSA) is 18.5 Å². The van der Waals surface area contributed by atoms with Gasteiger partial charge in [-0.25, -0.2) is 0 Å². The van der Waals surface area contributed by atoms with Crippen LogP contribution in [0.4, 0.5) is 0 Å². The van der Waals surface area contributed by atoms with Crippen LogP contribution in [0.25, 0.3) is 0 Å². The normalized spacial score (nSPS) is 33.8. The first-order valence-corrected chi connectivity index (χ1v) is 11.5. The van der Waals surface area contributed by atoms with Gasteiger partial charge in [0.1, 0.15) is 5.75 Å². The average molecular weight is 371 g/mol. The minimum atomic E-state index is -0.0874. The summed E-state index contributed by atoms with van der Waals surface area (Å²) in [6.07, 6.45) is 12.7. The molecule has 4 aliphatic carbocycles. The van der Waals surface area contributed by atoms with Crippen molar-refractivity contribution in [1.29, 1.82) is 0 Å². The lowest BCUT2D eigenvalue weighted by atomic mass is 9.54. The second kappa shape index (κ2) is 8.15. The summed E-state index contributed by atoms with van der Waals surface area (Å²) in [5.41, 5.74) is 1.51. The van der Waals surface area contributed by atoms with Crippen LogP contribution in [0.5, 0.6) is 5.75 Å². The predicted octanol–water partition coefficient (Wildman–Crippen LogP) is 7.08. The van der Waals surface area contributed by atoms with Gasteiger partial charge in [0.15, 0.2) is 6.29 Å². The number of ether oxygens (including phenoxy) is 2. The standard InChI is InChI=1S/C25H38O2/c1-4-6-7-24(26-23-10-8-22(9-11-23)18(3)5-2)27-25-15-19-12-20(16-25)14-21(13-19)17-25/h8-11,18-21,24H,4-7,12-17H2,1-3H3. The van der Waals surface area contributed by atoms with Crippen molar-refractivity contribution in [1.82, 2.24) is 0 Å². The van der Waals surface area contributed by atoms with Crippen molar-refractivity contribution in [3.8, 4) is 5.75 Å². The molecule has 2 nitrogen and oxygen atoms in total. The van der Waals surface area contributed by atoms with Crippen LogP contribution in [0.15, 0.2) is 24.3 Å². The molecule has 0 heterocycles. The fraction of sp³-hybridized carbons (Fsp3) is 0.760. The van der Waals surface area contributed by atoms with Crippen LogP contribution in [0, 0.1) is 17.8 Å². The molecule has 27 heavy (non-hydrogen) atoms. The first-order chi connectivity index (χ1) is 13.1. The number of unbranched alkanes of at least 4 members (excludes halogenated alkanes) is 1. The molecule has 4 bridgehead atoms. The fourth-order valence-electron chi connectivity index (χ4n) is 6.23. The van der Waals surface area contributed by atoms with Gasteiger partial charge in [-0.15, -0.1) is 0 Å². The van der Waals surface area contributed by atoms with Crippen LogP contribution in [0.1, 0.15) is 96.5 Å². The van der Waals surface area contributed by atoms with E-state index in [1.165, 1.54) is 63.4 Å². The van der Waals surface area contributed by atoms with Gasteiger partial charge in [-0.1, -0.05) is 39.3 Å². The Kier molecular flexibility index (Phi) is 5.83. The fourth-order valence-corrected chi connectivity index (χ4v) is 6.23. The molecule has 0 aliphatic heterocycles. The van der Waals surface area contributed by atoms with E-state index in [1.807, 2.05) is 0 Å². The van der Waals surface area contributed by atoms with E-state index >= 15 is 0 Å². The van der Waals surface area contributed by atoms with E-state index in [0.29, 0.717) is 5.92 Å². The maximum absolute atomic E-state index is 6.83. The lowest BCUT2D eigenvalue weighted by Crippen LogP contribution is -2.53. The highest BCUT2D eigenvalue weighted by molar-refractivity contribution is 5.29. The zero-order valence-corrected chi connectivity index (χ0v) is 17.6. The molecule has 0 saturated heterocycles. The number of hydrogen-bond acceptors (Lipinski definition) is 2. The van der Waals surface area contributed by atoms with E-state index in [4.69, 9.17) is 9.47 Å². The Bertz CT molecular complexity index is 570. The molecular weight excluding hydrogens is 332 g/mol. The van der Waals surface area contributed by atoms with Crippen molar-refractivity contribution in [3.63, 3.8) is 0 Å². The largest absolute Gasteiger partial charge is 0.465 e. The summed E-state index contributed by atoms with van der Waals surface area (Å²) in [6.45, 7) is 6.79. The first-order valence-electron chi connectivity index (χ1n) is 11.5. The van der Waals surface area contributed by atoms with E-state index in [9.17, 15) is 0 Å². The zero-order chi connectivity index (χ0) is 18.9. The van der Waals surface area contributed by atoms with Crippen LogP contribution in [-0.4, -0.2) is 11.9 Å². The summed E-state index contributed by atoms with van der Waals surface area (Å²) in [5, 5.41) is 0. The highest BCUT2D eigenvalue weighted by Gasteiger charge is 2.52. The Labute approximate surface area is 166 Å². The highest BCUT2D eigenvalue weighted by Crippen LogP contribution is 2.57. The lowest BCUT2D eigenvalue weighted by molar-refractivity contribution is -0.233. The minimum absolute atomic E-state index is 0.0874. The zero-order valence-electron chi connectivity index (χ0n) is 17.6. The Morgan fingerprint density at radius 2 is 1.56 bits per heavy atom. The number of rotatable bonds is 9. The monoisotopic (exact) mass is 370 g/mol. The van der Waals surface area contributed by atoms with Gasteiger partial charge in [0.2, 0.25) is 0 Å². The molecule has 1 aromatic carbocycles. The maximum Gasteiger partial charge on any atom is 0.200 e. The predicted molar refractivity (Wildman–Crippen MR) is 111 cm³/mol. The van der Waals surface area contributed by atoms with Crippen molar-refractivity contribution in [2.45, 2.75) is 103 Å². The van der Waals surface area contributed by atoms with Gasteiger partial charge in [-0.2, -0.15) is 0 Å². The van der Waals surface area contributed by atoms with Crippen molar-refractivity contribution in [3.05, 3.63) is 29.8 Å². The van der Waals surface area contributed by atoms with Crippen LogP contribution < -0.4 is 4.74 Å². The van der Waals surface area contributed by atoms with Gasteiger partial charge in [0.25, 0.3) is 0 Å². The molecule has 0 radical (unpaired) electrons. The maximum atomic E-state index is 6.83. The Balaban J connectivity index is 1.43. The molecule has 4 aliphatic rings. The second-order valence-corrected chi connectivity index (χ2v) is 9.79. The summed E-state index contributed by atoms with van der Waals surface area (Å²) < 4.78 is 13.2. The van der Waals surface area contributed by atoms with Gasteiger partial charge in [-0.05, 0) is 92.7 Å².